The fourth-order valence-corrected chi connectivity index (χ4v) is 3.29. The van der Waals surface area contributed by atoms with Crippen LogP contribution in [0.5, 0.6) is 11.5 Å². The van der Waals surface area contributed by atoms with E-state index in [0.717, 1.165) is 0 Å². The summed E-state index contributed by atoms with van der Waals surface area (Å²) in [7, 11) is -2.53. The molecule has 0 bridgehead atoms. The lowest BCUT2D eigenvalue weighted by molar-refractivity contribution is -0.139. The summed E-state index contributed by atoms with van der Waals surface area (Å²) >= 11 is 3.04. The number of hydrogen-bond acceptors (Lipinski definition) is 6. The van der Waals surface area contributed by atoms with Crippen molar-refractivity contribution >= 4 is 31.9 Å². The fraction of sp³-hybridized carbons (Fsp3) is 0.417. The number of carbonyl (C=O) groups is 1. The maximum Gasteiger partial charge on any atom is 0.320 e. The lowest BCUT2D eigenvalue weighted by Gasteiger charge is -2.19. The van der Waals surface area contributed by atoms with Gasteiger partial charge in [-0.1, -0.05) is 15.9 Å². The van der Waals surface area contributed by atoms with Crippen LogP contribution in [0.15, 0.2) is 23.1 Å². The second-order valence-corrected chi connectivity index (χ2v) is 7.02. The Hall–Kier alpha value is -1.32. The van der Waals surface area contributed by atoms with Gasteiger partial charge in [-0.3, -0.25) is 4.79 Å². The predicted molar refractivity (Wildman–Crippen MR) is 77.4 cm³/mol. The van der Waals surface area contributed by atoms with Gasteiger partial charge in [0, 0.05) is 12.6 Å². The van der Waals surface area contributed by atoms with Gasteiger partial charge in [-0.15, -0.1) is 0 Å². The lowest BCUT2D eigenvalue weighted by atomic mass is 10.3. The molecule has 1 aliphatic heterocycles. The lowest BCUT2D eigenvalue weighted by Crippen LogP contribution is -2.34. The highest BCUT2D eigenvalue weighted by atomic mass is 79.9. The van der Waals surface area contributed by atoms with E-state index in [1.54, 1.807) is 0 Å². The number of rotatable bonds is 5. The van der Waals surface area contributed by atoms with Crippen LogP contribution in [-0.2, 0) is 19.6 Å². The number of alkyl halides is 1. The van der Waals surface area contributed by atoms with E-state index in [9.17, 15) is 13.2 Å². The standard InChI is InChI=1S/C12H14BrNO6S/c1-18-12(15)9(13)7-14-21(16,17)8-2-3-10-11(6-8)20-5-4-19-10/h2-3,6,9,14H,4-5,7H2,1H3. The van der Waals surface area contributed by atoms with Gasteiger partial charge >= 0.3 is 5.97 Å². The largest absolute Gasteiger partial charge is 0.486 e. The molecule has 0 amide bonds. The van der Waals surface area contributed by atoms with Crippen molar-refractivity contribution in [3.8, 4) is 11.5 Å². The van der Waals surface area contributed by atoms with Crippen LogP contribution in [0.1, 0.15) is 0 Å². The molecule has 0 radical (unpaired) electrons. The number of halogens is 1. The molecule has 0 saturated carbocycles. The molecule has 0 aromatic heterocycles. The molecule has 1 N–H and O–H groups in total. The summed E-state index contributed by atoms with van der Waals surface area (Å²) in [6.45, 7) is 0.681. The Morgan fingerprint density at radius 1 is 1.38 bits per heavy atom. The quantitative estimate of drug-likeness (QED) is 0.597. The molecule has 1 atom stereocenters. The molecule has 9 heteroatoms. The molecular weight excluding hydrogens is 366 g/mol. The number of hydrogen-bond donors (Lipinski definition) is 1. The number of carbonyl (C=O) groups excluding carboxylic acids is 1. The first-order valence-corrected chi connectivity index (χ1v) is 8.45. The predicted octanol–water partition coefficient (Wildman–Crippen LogP) is 0.673. The highest BCUT2D eigenvalue weighted by Gasteiger charge is 2.22. The van der Waals surface area contributed by atoms with Crippen molar-refractivity contribution in [3.63, 3.8) is 0 Å². The number of benzene rings is 1. The van der Waals surface area contributed by atoms with Crippen molar-refractivity contribution in [2.75, 3.05) is 26.9 Å². The first-order chi connectivity index (χ1) is 9.94. The zero-order chi connectivity index (χ0) is 15.5. The first-order valence-electron chi connectivity index (χ1n) is 6.05. The van der Waals surface area contributed by atoms with E-state index >= 15 is 0 Å². The van der Waals surface area contributed by atoms with Crippen molar-refractivity contribution in [2.24, 2.45) is 0 Å². The smallest absolute Gasteiger partial charge is 0.320 e. The minimum atomic E-state index is -3.75. The third-order valence-corrected chi connectivity index (χ3v) is 4.85. The van der Waals surface area contributed by atoms with Crippen LogP contribution < -0.4 is 14.2 Å². The second-order valence-electron chi connectivity index (χ2n) is 4.15. The van der Waals surface area contributed by atoms with Crippen molar-refractivity contribution in [1.82, 2.24) is 4.72 Å². The summed E-state index contributed by atoms with van der Waals surface area (Å²) in [6.07, 6.45) is 0. The minimum Gasteiger partial charge on any atom is -0.486 e. The second kappa shape index (κ2) is 6.63. The fourth-order valence-electron chi connectivity index (χ4n) is 1.67. The third kappa shape index (κ3) is 3.86. The van der Waals surface area contributed by atoms with Gasteiger partial charge in [0.2, 0.25) is 10.0 Å². The van der Waals surface area contributed by atoms with Crippen molar-refractivity contribution in [2.45, 2.75) is 9.72 Å². The van der Waals surface area contributed by atoms with Crippen LogP contribution in [-0.4, -0.2) is 46.1 Å². The number of sulfonamides is 1. The van der Waals surface area contributed by atoms with Crippen LogP contribution >= 0.6 is 15.9 Å². The molecule has 1 unspecified atom stereocenters. The Morgan fingerprint density at radius 3 is 2.71 bits per heavy atom. The monoisotopic (exact) mass is 379 g/mol. The number of nitrogens with one attached hydrogen (secondary N) is 1. The van der Waals surface area contributed by atoms with E-state index in [1.807, 2.05) is 0 Å². The summed E-state index contributed by atoms with van der Waals surface area (Å²) in [5.41, 5.74) is 0. The first kappa shape index (κ1) is 16.1. The average molecular weight is 380 g/mol. The molecule has 7 nitrogen and oxygen atoms in total. The summed E-state index contributed by atoms with van der Waals surface area (Å²) in [4.78, 5) is 10.5. The van der Waals surface area contributed by atoms with Crippen LogP contribution in [0.2, 0.25) is 0 Å². The van der Waals surface area contributed by atoms with Gasteiger partial charge in [0.05, 0.1) is 12.0 Å². The number of fused-ring (bicyclic) bond motifs is 1. The molecule has 0 spiro atoms. The Labute approximate surface area is 130 Å². The molecule has 0 saturated heterocycles. The average Bonchev–Trinajstić information content (AvgIpc) is 2.51. The summed E-state index contributed by atoms with van der Waals surface area (Å²) < 4.78 is 41.8. The molecule has 1 aliphatic rings. The van der Waals surface area contributed by atoms with Crippen molar-refractivity contribution in [1.29, 1.82) is 0 Å². The summed E-state index contributed by atoms with van der Waals surface area (Å²) in [5.74, 6) is 0.334. The molecular formula is C12H14BrNO6S. The molecule has 1 aromatic carbocycles. The Balaban J connectivity index is 2.11. The van der Waals surface area contributed by atoms with E-state index in [-0.39, 0.29) is 11.4 Å². The zero-order valence-corrected chi connectivity index (χ0v) is 13.6. The molecule has 1 heterocycles. The molecule has 116 valence electrons. The van der Waals surface area contributed by atoms with E-state index in [1.165, 1.54) is 25.3 Å². The van der Waals surface area contributed by atoms with E-state index in [2.05, 4.69) is 25.4 Å². The Kier molecular flexibility index (Phi) is 5.07. The van der Waals surface area contributed by atoms with Gasteiger partial charge in [-0.2, -0.15) is 0 Å². The summed E-state index contributed by atoms with van der Waals surface area (Å²) in [6, 6.07) is 4.34. The van der Waals surface area contributed by atoms with Crippen LogP contribution in [0.4, 0.5) is 0 Å². The Bertz CT molecular complexity index is 633. The van der Waals surface area contributed by atoms with E-state index in [0.29, 0.717) is 24.7 Å². The van der Waals surface area contributed by atoms with Gasteiger partial charge in [0.15, 0.2) is 11.5 Å². The molecule has 1 aromatic rings. The van der Waals surface area contributed by atoms with Crippen LogP contribution in [0, 0.1) is 0 Å². The van der Waals surface area contributed by atoms with Gasteiger partial charge in [0.25, 0.3) is 0 Å². The molecule has 0 fully saturated rings. The molecule has 21 heavy (non-hydrogen) atoms. The van der Waals surface area contributed by atoms with Crippen LogP contribution in [0.25, 0.3) is 0 Å². The van der Waals surface area contributed by atoms with Gasteiger partial charge < -0.3 is 14.2 Å². The van der Waals surface area contributed by atoms with Gasteiger partial charge in [-0.25, -0.2) is 13.1 Å². The zero-order valence-electron chi connectivity index (χ0n) is 11.2. The van der Waals surface area contributed by atoms with E-state index < -0.39 is 20.8 Å². The minimum absolute atomic E-state index is 0.0383. The summed E-state index contributed by atoms with van der Waals surface area (Å²) in [5, 5.41) is 0. The maximum absolute atomic E-state index is 12.2. The maximum atomic E-state index is 12.2. The van der Waals surface area contributed by atoms with E-state index in [4.69, 9.17) is 9.47 Å². The third-order valence-electron chi connectivity index (χ3n) is 2.73. The van der Waals surface area contributed by atoms with Crippen molar-refractivity contribution < 1.29 is 27.4 Å². The normalized spacial score (nSPS) is 15.3. The van der Waals surface area contributed by atoms with Crippen LogP contribution in [0.3, 0.4) is 0 Å². The van der Waals surface area contributed by atoms with Gasteiger partial charge in [-0.05, 0) is 12.1 Å². The van der Waals surface area contributed by atoms with Gasteiger partial charge in [0.1, 0.15) is 18.0 Å². The Morgan fingerprint density at radius 2 is 2.05 bits per heavy atom. The number of ether oxygens (including phenoxy) is 3. The number of methoxy groups -OCH3 is 1. The molecule has 2 rings (SSSR count). The molecule has 0 aliphatic carbocycles. The number of esters is 1. The topological polar surface area (TPSA) is 90.9 Å². The van der Waals surface area contributed by atoms with Crippen molar-refractivity contribution in [3.05, 3.63) is 18.2 Å². The SMILES string of the molecule is COC(=O)C(Br)CNS(=O)(=O)c1ccc2c(c1)OCCO2. The highest BCUT2D eigenvalue weighted by Crippen LogP contribution is 2.32. The highest BCUT2D eigenvalue weighted by molar-refractivity contribution is 9.10.